The zero-order valence-electron chi connectivity index (χ0n) is 22.2. The maximum absolute atomic E-state index is 14.2. The van der Waals surface area contributed by atoms with Crippen LogP contribution in [0.4, 0.5) is 15.8 Å². The second-order valence-corrected chi connectivity index (χ2v) is 9.81. The second kappa shape index (κ2) is 10.9. The van der Waals surface area contributed by atoms with E-state index in [0.717, 1.165) is 34.0 Å². The zero-order chi connectivity index (χ0) is 27.7. The van der Waals surface area contributed by atoms with E-state index in [1.54, 1.807) is 26.3 Å². The molecule has 2 aromatic carbocycles. The molecule has 3 heterocycles. The van der Waals surface area contributed by atoms with E-state index in [-0.39, 0.29) is 23.8 Å². The van der Waals surface area contributed by atoms with Gasteiger partial charge in [-0.3, -0.25) is 9.78 Å². The van der Waals surface area contributed by atoms with Crippen LogP contribution in [0.2, 0.25) is 0 Å². The summed E-state index contributed by atoms with van der Waals surface area (Å²) < 4.78 is 21.8. The van der Waals surface area contributed by atoms with E-state index in [0.29, 0.717) is 23.0 Å². The fourth-order valence-corrected chi connectivity index (χ4v) is 5.57. The largest absolute Gasteiger partial charge is 0.494 e. The van der Waals surface area contributed by atoms with E-state index < -0.39 is 0 Å². The third-order valence-electron chi connectivity index (χ3n) is 7.01. The van der Waals surface area contributed by atoms with Crippen LogP contribution in [0.5, 0.6) is 5.75 Å². The average molecular weight is 544 g/mol. The molecule has 1 fully saturated rings. The highest BCUT2D eigenvalue weighted by Gasteiger charge is 2.42. The van der Waals surface area contributed by atoms with Gasteiger partial charge in [-0.1, -0.05) is 19.1 Å². The summed E-state index contributed by atoms with van der Waals surface area (Å²) in [5.74, 6) is 0.139. The lowest BCUT2D eigenvalue weighted by Gasteiger charge is -2.29. The Morgan fingerprint density at radius 3 is 2.62 bits per heavy atom. The Labute approximate surface area is 232 Å². The fourth-order valence-electron chi connectivity index (χ4n) is 5.22. The number of anilines is 2. The number of nitrogens with one attached hydrogen (secondary N) is 2. The predicted octanol–water partition coefficient (Wildman–Crippen LogP) is 6.16. The number of aryl methyl sites for hydroxylation is 1. The van der Waals surface area contributed by atoms with E-state index in [1.807, 2.05) is 56.3 Å². The molecule has 0 unspecified atom stereocenters. The predicted molar refractivity (Wildman–Crippen MR) is 155 cm³/mol. The molecule has 2 N–H and O–H groups in total. The number of amides is 1. The van der Waals surface area contributed by atoms with Crippen molar-refractivity contribution in [2.45, 2.75) is 39.3 Å². The molecule has 9 heteroatoms. The first kappa shape index (κ1) is 26.4. The monoisotopic (exact) mass is 543 g/mol. The van der Waals surface area contributed by atoms with Gasteiger partial charge in [-0.15, -0.1) is 0 Å². The van der Waals surface area contributed by atoms with Gasteiger partial charge in [0.25, 0.3) is 0 Å². The van der Waals surface area contributed by atoms with Crippen molar-refractivity contribution in [3.8, 4) is 11.4 Å². The van der Waals surface area contributed by atoms with Gasteiger partial charge >= 0.3 is 0 Å². The Hall–Kier alpha value is -4.24. The molecule has 0 radical (unpaired) electrons. The molecule has 2 aromatic heterocycles. The summed E-state index contributed by atoms with van der Waals surface area (Å²) in [6.07, 6.45) is 2.13. The van der Waals surface area contributed by atoms with E-state index in [9.17, 15) is 9.18 Å². The molecule has 7 nitrogen and oxygen atoms in total. The van der Waals surface area contributed by atoms with Crippen molar-refractivity contribution >= 4 is 34.6 Å². The first-order valence-electron chi connectivity index (χ1n) is 12.8. The molecule has 4 aromatic rings. The lowest BCUT2D eigenvalue weighted by Crippen LogP contribution is -2.29. The number of nitrogens with zero attached hydrogens (tertiary/aromatic N) is 3. The number of hydrogen-bond acceptors (Lipinski definition) is 4. The molecule has 0 spiro atoms. The number of benzene rings is 2. The molecule has 5 rings (SSSR count). The molecule has 1 aliphatic rings. The highest BCUT2D eigenvalue weighted by atomic mass is 32.1. The van der Waals surface area contributed by atoms with Gasteiger partial charge in [-0.05, 0) is 80.2 Å². The molecule has 1 amide bonds. The number of aromatic nitrogens is 2. The third-order valence-corrected chi connectivity index (χ3v) is 7.33. The quantitative estimate of drug-likeness (QED) is 0.272. The number of hydrogen-bond donors (Lipinski definition) is 2. The van der Waals surface area contributed by atoms with Gasteiger partial charge in [0.2, 0.25) is 5.91 Å². The Kier molecular flexibility index (Phi) is 7.34. The minimum atomic E-state index is -0.291. The lowest BCUT2D eigenvalue weighted by molar-refractivity contribution is -0.115. The van der Waals surface area contributed by atoms with Crippen LogP contribution in [0, 0.1) is 19.7 Å². The van der Waals surface area contributed by atoms with Crippen molar-refractivity contribution in [3.63, 3.8) is 0 Å². The number of carbonyl (C=O) groups is 1. The topological polar surface area (TPSA) is 71.4 Å². The lowest BCUT2D eigenvalue weighted by atomic mass is 9.96. The first-order chi connectivity index (χ1) is 18.8. The summed E-state index contributed by atoms with van der Waals surface area (Å²) in [6, 6.07) is 19.6. The SMILES string of the molecule is CCC(=O)Nc1ccc(N2C(=S)N[C@@H](c3ccccn3)[C@@H]2c2cc(C)n(-c3cccc(F)c3)c2C)cc1OC. The maximum atomic E-state index is 14.2. The van der Waals surface area contributed by atoms with E-state index >= 15 is 0 Å². The minimum Gasteiger partial charge on any atom is -0.494 e. The van der Waals surface area contributed by atoms with E-state index in [1.165, 1.54) is 12.1 Å². The standard InChI is InChI=1S/C30H30FN5O2S/c1-5-27(37)33-24-13-12-22(17-26(24)38-4)36-29(28(34-30(36)39)25-11-6-7-14-32-25)23-15-18(2)35(19(23)3)21-10-8-9-20(31)16-21/h6-17,28-29H,5H2,1-4H3,(H,33,37)(H,34,39)/t28-,29-/m0/s1. The van der Waals surface area contributed by atoms with Crippen LogP contribution in [-0.2, 0) is 4.79 Å². The molecule has 0 saturated carbocycles. The van der Waals surface area contributed by atoms with E-state index in [2.05, 4.69) is 31.2 Å². The van der Waals surface area contributed by atoms with Crippen LogP contribution in [0.1, 0.15) is 48.1 Å². The van der Waals surface area contributed by atoms with Crippen molar-refractivity contribution in [3.05, 3.63) is 101 Å². The molecule has 1 aliphatic heterocycles. The third kappa shape index (κ3) is 4.97. The van der Waals surface area contributed by atoms with Crippen molar-refractivity contribution < 1.29 is 13.9 Å². The number of methoxy groups -OCH3 is 1. The van der Waals surface area contributed by atoms with Crippen molar-refractivity contribution in [1.82, 2.24) is 14.9 Å². The fraction of sp³-hybridized carbons (Fsp3) is 0.233. The molecule has 1 saturated heterocycles. The van der Waals surface area contributed by atoms with Gasteiger partial charge in [-0.2, -0.15) is 0 Å². The second-order valence-electron chi connectivity index (χ2n) is 9.42. The first-order valence-corrected chi connectivity index (χ1v) is 13.2. The highest BCUT2D eigenvalue weighted by molar-refractivity contribution is 7.80. The summed E-state index contributed by atoms with van der Waals surface area (Å²) in [5.41, 5.74) is 5.97. The van der Waals surface area contributed by atoms with E-state index in [4.69, 9.17) is 17.0 Å². The summed E-state index contributed by atoms with van der Waals surface area (Å²) in [4.78, 5) is 18.7. The van der Waals surface area contributed by atoms with Crippen molar-refractivity contribution in [2.75, 3.05) is 17.3 Å². The maximum Gasteiger partial charge on any atom is 0.224 e. The van der Waals surface area contributed by atoms with Crippen molar-refractivity contribution in [1.29, 1.82) is 0 Å². The Balaban J connectivity index is 1.65. The zero-order valence-corrected chi connectivity index (χ0v) is 23.1. The van der Waals surface area contributed by atoms with Crippen LogP contribution in [-0.4, -0.2) is 27.7 Å². The molecule has 2 atom stereocenters. The summed E-state index contributed by atoms with van der Waals surface area (Å²) in [7, 11) is 1.57. The van der Waals surface area contributed by atoms with Crippen LogP contribution < -0.4 is 20.3 Å². The van der Waals surface area contributed by atoms with Crippen molar-refractivity contribution in [2.24, 2.45) is 0 Å². The molecule has 0 bridgehead atoms. The highest BCUT2D eigenvalue weighted by Crippen LogP contribution is 2.45. The summed E-state index contributed by atoms with van der Waals surface area (Å²) in [6.45, 7) is 5.84. The molecule has 200 valence electrons. The Morgan fingerprint density at radius 2 is 1.92 bits per heavy atom. The number of halogens is 1. The number of carbonyl (C=O) groups excluding carboxylic acids is 1. The number of pyridine rings is 1. The van der Waals surface area contributed by atoms with Crippen LogP contribution in [0.25, 0.3) is 5.69 Å². The number of rotatable bonds is 7. The van der Waals surface area contributed by atoms with Gasteiger partial charge < -0.3 is 24.8 Å². The summed E-state index contributed by atoms with van der Waals surface area (Å²) >= 11 is 5.89. The normalized spacial score (nSPS) is 16.7. The number of thiocarbonyl (C=S) groups is 1. The minimum absolute atomic E-state index is 0.0997. The van der Waals surface area contributed by atoms with Crippen LogP contribution in [0.15, 0.2) is 72.9 Å². The van der Waals surface area contributed by atoms with Gasteiger partial charge in [0.05, 0.1) is 30.6 Å². The molecule has 0 aliphatic carbocycles. The van der Waals surface area contributed by atoms with Crippen LogP contribution in [0.3, 0.4) is 0 Å². The molecular formula is C30H30FN5O2S. The van der Waals surface area contributed by atoms with Crippen LogP contribution >= 0.6 is 12.2 Å². The summed E-state index contributed by atoms with van der Waals surface area (Å²) in [5, 5.41) is 6.91. The smallest absolute Gasteiger partial charge is 0.224 e. The average Bonchev–Trinajstić information content (AvgIpc) is 3.43. The molecule has 39 heavy (non-hydrogen) atoms. The number of ether oxygens (including phenoxy) is 1. The molecular weight excluding hydrogens is 513 g/mol. The Morgan fingerprint density at radius 1 is 1.10 bits per heavy atom. The van der Waals surface area contributed by atoms with Gasteiger partial charge in [0.15, 0.2) is 5.11 Å². The van der Waals surface area contributed by atoms with Gasteiger partial charge in [-0.25, -0.2) is 4.39 Å². The Bertz CT molecular complexity index is 1540. The van der Waals surface area contributed by atoms with Gasteiger partial charge in [0.1, 0.15) is 11.6 Å². The van der Waals surface area contributed by atoms with Gasteiger partial charge in [0, 0.05) is 41.4 Å².